The Morgan fingerprint density at radius 3 is 2.38 bits per heavy atom. The number of carbonyl (C=O) groups excluding carboxylic acids is 1. The number of fused-ring (bicyclic) bond motifs is 1. The van der Waals surface area contributed by atoms with E-state index < -0.39 is 10.0 Å². The molecule has 2 aromatic carbocycles. The van der Waals surface area contributed by atoms with Gasteiger partial charge >= 0.3 is 0 Å². The zero-order valence-electron chi connectivity index (χ0n) is 19.9. The van der Waals surface area contributed by atoms with Gasteiger partial charge in [-0.2, -0.15) is 0 Å². The molecule has 1 aromatic heterocycles. The van der Waals surface area contributed by atoms with E-state index in [0.29, 0.717) is 11.1 Å². The molecular weight excluding hydrogens is 479 g/mol. The third kappa shape index (κ3) is 5.17. The second kappa shape index (κ2) is 10.7. The van der Waals surface area contributed by atoms with E-state index in [0.717, 1.165) is 26.5 Å². The predicted octanol–water partition coefficient (Wildman–Crippen LogP) is 3.80. The topological polar surface area (TPSA) is 88.6 Å². The Kier molecular flexibility index (Phi) is 8.65. The van der Waals surface area contributed by atoms with Gasteiger partial charge < -0.3 is 15.2 Å². The molecule has 0 aliphatic rings. The van der Waals surface area contributed by atoms with Crippen LogP contribution in [0.5, 0.6) is 0 Å². The summed E-state index contributed by atoms with van der Waals surface area (Å²) in [6.07, 6.45) is 1.32. The molecule has 0 saturated carbocycles. The Labute approximate surface area is 206 Å². The molecule has 0 fully saturated rings. The third-order valence-electron chi connectivity index (χ3n) is 5.53. The summed E-state index contributed by atoms with van der Waals surface area (Å²) in [5, 5.41) is 0.736. The monoisotopic (exact) mass is 508 g/mol. The van der Waals surface area contributed by atoms with Crippen LogP contribution in [0, 0.1) is 6.92 Å². The van der Waals surface area contributed by atoms with E-state index in [1.807, 2.05) is 17.6 Å². The number of carbonyl (C=O) groups is 1. The third-order valence-corrected chi connectivity index (χ3v) is 7.34. The minimum Gasteiger partial charge on any atom is -0.345 e. The molecule has 0 atom stereocenters. The van der Waals surface area contributed by atoms with Crippen molar-refractivity contribution in [2.45, 2.75) is 18.4 Å². The highest BCUT2D eigenvalue weighted by atomic mass is 35.5. The van der Waals surface area contributed by atoms with Gasteiger partial charge in [-0.1, -0.05) is 12.1 Å². The number of aromatic nitrogens is 1. The van der Waals surface area contributed by atoms with E-state index in [-0.39, 0.29) is 42.1 Å². The summed E-state index contributed by atoms with van der Waals surface area (Å²) in [6, 6.07) is 11.9. The van der Waals surface area contributed by atoms with Crippen molar-refractivity contribution in [3.63, 3.8) is 0 Å². The maximum absolute atomic E-state index is 14.4. The molecule has 0 spiro atoms. The molecule has 0 bridgehead atoms. The molecule has 184 valence electrons. The molecule has 7 nitrogen and oxygen atoms in total. The molecular formula is C24H30ClFN4O3S. The van der Waals surface area contributed by atoms with Crippen molar-refractivity contribution in [1.82, 2.24) is 13.8 Å². The zero-order chi connectivity index (χ0) is 24.5. The molecule has 2 N–H and O–H groups in total. The number of sulfonamides is 1. The molecule has 34 heavy (non-hydrogen) atoms. The number of hydrogen-bond donors (Lipinski definition) is 1. The van der Waals surface area contributed by atoms with Crippen LogP contribution in [0.25, 0.3) is 22.0 Å². The predicted molar refractivity (Wildman–Crippen MR) is 136 cm³/mol. The van der Waals surface area contributed by atoms with Crippen LogP contribution in [0.15, 0.2) is 59.3 Å². The van der Waals surface area contributed by atoms with Crippen LogP contribution in [0.1, 0.15) is 16.1 Å². The largest absolute Gasteiger partial charge is 0.345 e. The van der Waals surface area contributed by atoms with Crippen LogP contribution in [0.3, 0.4) is 0 Å². The first kappa shape index (κ1) is 27.5. The fourth-order valence-corrected chi connectivity index (χ4v) is 4.76. The summed E-state index contributed by atoms with van der Waals surface area (Å²) in [7, 11) is 2.66. The highest BCUT2D eigenvalue weighted by Gasteiger charge is 2.22. The van der Waals surface area contributed by atoms with Gasteiger partial charge in [0.05, 0.1) is 11.4 Å². The Morgan fingerprint density at radius 2 is 1.79 bits per heavy atom. The van der Waals surface area contributed by atoms with E-state index >= 15 is 0 Å². The average Bonchev–Trinajstić information content (AvgIpc) is 3.03. The highest BCUT2D eigenvalue weighted by molar-refractivity contribution is 7.89. The molecule has 0 radical (unpaired) electrons. The second-order valence-corrected chi connectivity index (χ2v) is 10.3. The quantitative estimate of drug-likeness (QED) is 0.525. The Morgan fingerprint density at radius 1 is 1.12 bits per heavy atom. The van der Waals surface area contributed by atoms with Crippen LogP contribution in [-0.4, -0.2) is 62.8 Å². The highest BCUT2D eigenvalue weighted by Crippen LogP contribution is 2.37. The summed E-state index contributed by atoms with van der Waals surface area (Å²) in [4.78, 5) is 14.2. The first-order valence-corrected chi connectivity index (χ1v) is 11.8. The van der Waals surface area contributed by atoms with Crippen molar-refractivity contribution in [3.8, 4) is 11.1 Å². The number of nitrogens with zero attached hydrogens (tertiary/aromatic N) is 3. The molecule has 3 aromatic rings. The second-order valence-electron chi connectivity index (χ2n) is 8.18. The van der Waals surface area contributed by atoms with Crippen LogP contribution >= 0.6 is 12.4 Å². The number of rotatable bonds is 7. The smallest absolute Gasteiger partial charge is 0.253 e. The summed E-state index contributed by atoms with van der Waals surface area (Å²) >= 11 is 0. The van der Waals surface area contributed by atoms with Gasteiger partial charge in [0.15, 0.2) is 0 Å². The van der Waals surface area contributed by atoms with Crippen molar-refractivity contribution in [2.24, 2.45) is 5.73 Å². The van der Waals surface area contributed by atoms with E-state index in [4.69, 9.17) is 5.73 Å². The van der Waals surface area contributed by atoms with Crippen LogP contribution in [0.2, 0.25) is 0 Å². The Bertz CT molecular complexity index is 1350. The lowest BCUT2D eigenvalue weighted by molar-refractivity contribution is 0.0827. The SMILES string of the molecule is Cc1c(-c2cccc(S(=O)(=O)N(C)C)c2)c2cc(C(=O)N(C)C)ccc2n1C/C(F)=C/CN.Cl. The number of allylic oxidation sites excluding steroid dienone is 1. The summed E-state index contributed by atoms with van der Waals surface area (Å²) < 4.78 is 42.8. The lowest BCUT2D eigenvalue weighted by atomic mass is 10.0. The summed E-state index contributed by atoms with van der Waals surface area (Å²) in [5.74, 6) is -0.534. The summed E-state index contributed by atoms with van der Waals surface area (Å²) in [6.45, 7) is 1.92. The standard InChI is InChI=1S/C24H29FN4O3S.ClH/c1-16-23(17-7-6-8-20(13-17)33(31,32)28(4)5)21-14-18(24(30)27(2)3)9-10-22(21)29(16)15-19(25)11-12-26;/h6-11,13-14H,12,15,26H2,1-5H3;1H/b19-11-;. The van der Waals surface area contributed by atoms with Gasteiger partial charge in [-0.05, 0) is 48.9 Å². The zero-order valence-corrected chi connectivity index (χ0v) is 21.5. The number of halogens is 2. The number of benzene rings is 2. The lowest BCUT2D eigenvalue weighted by Gasteiger charge is -2.13. The van der Waals surface area contributed by atoms with Crippen molar-refractivity contribution in [3.05, 3.63) is 65.6 Å². The minimum absolute atomic E-state index is 0. The van der Waals surface area contributed by atoms with Crippen molar-refractivity contribution < 1.29 is 17.6 Å². The summed E-state index contributed by atoms with van der Waals surface area (Å²) in [5.41, 5.74) is 8.85. The van der Waals surface area contributed by atoms with E-state index in [1.165, 1.54) is 31.1 Å². The van der Waals surface area contributed by atoms with Gasteiger partial charge in [0.2, 0.25) is 10.0 Å². The fourth-order valence-electron chi connectivity index (χ4n) is 3.81. The van der Waals surface area contributed by atoms with E-state index in [1.54, 1.807) is 44.4 Å². The van der Waals surface area contributed by atoms with Gasteiger partial charge in [-0.3, -0.25) is 4.79 Å². The maximum atomic E-state index is 14.4. The van der Waals surface area contributed by atoms with Crippen molar-refractivity contribution in [2.75, 3.05) is 34.7 Å². The molecule has 1 heterocycles. The van der Waals surface area contributed by atoms with E-state index in [9.17, 15) is 17.6 Å². The molecule has 0 unspecified atom stereocenters. The normalized spacial score (nSPS) is 12.2. The van der Waals surface area contributed by atoms with E-state index in [2.05, 4.69) is 0 Å². The minimum atomic E-state index is -3.64. The first-order valence-electron chi connectivity index (χ1n) is 10.4. The van der Waals surface area contributed by atoms with Gasteiger partial charge in [0.25, 0.3) is 5.91 Å². The molecule has 0 aliphatic carbocycles. The van der Waals surface area contributed by atoms with Crippen molar-refractivity contribution in [1.29, 1.82) is 0 Å². The van der Waals surface area contributed by atoms with Crippen LogP contribution in [-0.2, 0) is 16.6 Å². The Hall–Kier alpha value is -2.72. The average molecular weight is 509 g/mol. The fraction of sp³-hybridized carbons (Fsp3) is 0.292. The molecule has 1 amide bonds. The number of hydrogen-bond acceptors (Lipinski definition) is 4. The number of nitrogens with two attached hydrogens (primary N) is 1. The number of amides is 1. The molecule has 0 aliphatic heterocycles. The van der Waals surface area contributed by atoms with Gasteiger partial charge in [-0.25, -0.2) is 17.1 Å². The van der Waals surface area contributed by atoms with Crippen LogP contribution < -0.4 is 5.73 Å². The molecule has 0 saturated heterocycles. The maximum Gasteiger partial charge on any atom is 0.253 e. The first-order chi connectivity index (χ1) is 15.5. The van der Waals surface area contributed by atoms with Gasteiger partial charge in [0.1, 0.15) is 5.83 Å². The molecule has 3 rings (SSSR count). The van der Waals surface area contributed by atoms with Crippen LogP contribution in [0.4, 0.5) is 4.39 Å². The Balaban J connectivity index is 0.00000408. The van der Waals surface area contributed by atoms with Crippen molar-refractivity contribution >= 4 is 39.2 Å². The molecule has 10 heteroatoms. The van der Waals surface area contributed by atoms with Gasteiger partial charge in [-0.15, -0.1) is 12.4 Å². The lowest BCUT2D eigenvalue weighted by Crippen LogP contribution is -2.22. The van der Waals surface area contributed by atoms with Gasteiger partial charge in [0, 0.05) is 62.5 Å².